The highest BCUT2D eigenvalue weighted by Crippen LogP contribution is 2.33. The van der Waals surface area contributed by atoms with Crippen molar-refractivity contribution in [2.45, 2.75) is 19.3 Å². The molecule has 2 N–H and O–H groups in total. The van der Waals surface area contributed by atoms with Gasteiger partial charge in [0.15, 0.2) is 5.96 Å². The van der Waals surface area contributed by atoms with Crippen molar-refractivity contribution in [1.29, 1.82) is 0 Å². The summed E-state index contributed by atoms with van der Waals surface area (Å²) in [5, 5.41) is 7.95. The van der Waals surface area contributed by atoms with Crippen LogP contribution < -0.4 is 10.6 Å². The largest absolute Gasteiger partial charge is 0.354 e. The fraction of sp³-hybridized carbons (Fsp3) is 0.278. The van der Waals surface area contributed by atoms with E-state index in [4.69, 9.17) is 34.8 Å². The Morgan fingerprint density at radius 2 is 1.75 bits per heavy atom. The topological polar surface area (TPSA) is 36.4 Å². The molecule has 0 amide bonds. The number of aryl methyl sites for hydroxylation is 2. The van der Waals surface area contributed by atoms with E-state index in [0.717, 1.165) is 49.6 Å². The van der Waals surface area contributed by atoms with E-state index < -0.39 is 0 Å². The molecule has 6 heteroatoms. The highest BCUT2D eigenvalue weighted by molar-refractivity contribution is 6.48. The molecule has 0 unspecified atom stereocenters. The summed E-state index contributed by atoms with van der Waals surface area (Å²) in [4.78, 5) is 4.32. The maximum absolute atomic E-state index is 6.24. The quantitative estimate of drug-likeness (QED) is 0.698. The van der Waals surface area contributed by atoms with E-state index in [9.17, 15) is 0 Å². The first-order valence-electron chi connectivity index (χ1n) is 7.90. The van der Waals surface area contributed by atoms with E-state index in [2.05, 4.69) is 39.9 Å². The summed E-state index contributed by atoms with van der Waals surface area (Å²) in [6, 6.07) is 12.2. The lowest BCUT2D eigenvalue weighted by atomic mass is 10.0. The first-order chi connectivity index (χ1) is 11.6. The molecule has 0 saturated heterocycles. The van der Waals surface area contributed by atoms with Crippen LogP contribution in [0.2, 0.25) is 15.1 Å². The number of anilines is 1. The van der Waals surface area contributed by atoms with Crippen LogP contribution >= 0.6 is 34.8 Å². The molecule has 1 aliphatic heterocycles. The molecule has 2 aromatic carbocycles. The molecule has 0 radical (unpaired) electrons. The SMILES string of the molecule is Clc1ccc(CCCc2ccc(NC3=NCCN3)cc2)c(Cl)c1Cl. The molecule has 0 fully saturated rings. The van der Waals surface area contributed by atoms with Crippen molar-refractivity contribution < 1.29 is 0 Å². The summed E-state index contributed by atoms with van der Waals surface area (Å²) >= 11 is 18.3. The average Bonchev–Trinajstić information content (AvgIpc) is 3.09. The van der Waals surface area contributed by atoms with Crippen LogP contribution in [0.4, 0.5) is 5.69 Å². The summed E-state index contributed by atoms with van der Waals surface area (Å²) in [5.41, 5.74) is 3.37. The molecule has 0 bridgehead atoms. The second-order valence-electron chi connectivity index (χ2n) is 5.67. The molecule has 0 aromatic heterocycles. The molecule has 0 spiro atoms. The third-order valence-electron chi connectivity index (χ3n) is 3.92. The number of halogens is 3. The third kappa shape index (κ3) is 4.35. The Morgan fingerprint density at radius 1 is 0.958 bits per heavy atom. The second-order valence-corrected chi connectivity index (χ2v) is 6.83. The molecule has 3 rings (SSSR count). The minimum Gasteiger partial charge on any atom is -0.354 e. The Bertz CT molecular complexity index is 742. The van der Waals surface area contributed by atoms with E-state index in [0.29, 0.717) is 15.1 Å². The fourth-order valence-electron chi connectivity index (χ4n) is 2.62. The van der Waals surface area contributed by atoms with Crippen molar-refractivity contribution in [2.24, 2.45) is 4.99 Å². The standard InChI is InChI=1S/C18H18Cl3N3/c19-15-9-6-13(16(20)17(15)21)3-1-2-12-4-7-14(8-5-12)24-18-22-10-11-23-18/h4-9H,1-3,10-11H2,(H2,22,23,24). The van der Waals surface area contributed by atoms with E-state index in [-0.39, 0.29) is 0 Å². The van der Waals surface area contributed by atoms with Gasteiger partial charge in [0.1, 0.15) is 0 Å². The summed E-state index contributed by atoms with van der Waals surface area (Å²) < 4.78 is 0. The van der Waals surface area contributed by atoms with Gasteiger partial charge in [0.25, 0.3) is 0 Å². The molecule has 0 atom stereocenters. The number of benzene rings is 2. The van der Waals surface area contributed by atoms with Gasteiger partial charge >= 0.3 is 0 Å². The van der Waals surface area contributed by atoms with Gasteiger partial charge in [-0.2, -0.15) is 0 Å². The average molecular weight is 383 g/mol. The Balaban J connectivity index is 1.52. The fourth-order valence-corrected chi connectivity index (χ4v) is 3.26. The normalized spacial score (nSPS) is 13.5. The lowest BCUT2D eigenvalue weighted by molar-refractivity contribution is 0.821. The van der Waals surface area contributed by atoms with Crippen LogP contribution in [0.25, 0.3) is 0 Å². The first-order valence-corrected chi connectivity index (χ1v) is 9.03. The van der Waals surface area contributed by atoms with Crippen molar-refractivity contribution in [2.75, 3.05) is 18.4 Å². The minimum absolute atomic E-state index is 0.440. The minimum atomic E-state index is 0.440. The van der Waals surface area contributed by atoms with Crippen LogP contribution in [0.3, 0.4) is 0 Å². The molecule has 1 aliphatic rings. The van der Waals surface area contributed by atoms with Crippen LogP contribution in [0.1, 0.15) is 17.5 Å². The van der Waals surface area contributed by atoms with Crippen molar-refractivity contribution in [3.8, 4) is 0 Å². The van der Waals surface area contributed by atoms with E-state index in [1.54, 1.807) is 6.07 Å². The molecule has 126 valence electrons. The summed E-state index contributed by atoms with van der Waals surface area (Å²) in [5.74, 6) is 0.844. The van der Waals surface area contributed by atoms with E-state index in [1.165, 1.54) is 5.56 Å². The Hall–Kier alpha value is -1.42. The van der Waals surface area contributed by atoms with Gasteiger partial charge in [-0.05, 0) is 48.6 Å². The maximum atomic E-state index is 6.24. The molecule has 1 heterocycles. The van der Waals surface area contributed by atoms with Crippen molar-refractivity contribution >= 4 is 46.4 Å². The summed E-state index contributed by atoms with van der Waals surface area (Å²) in [7, 11) is 0. The second kappa shape index (κ2) is 8.11. The number of aliphatic imine (C=N–C) groups is 1. The molecule has 0 aliphatic carbocycles. The number of nitrogens with zero attached hydrogens (tertiary/aromatic N) is 1. The Kier molecular flexibility index (Phi) is 5.88. The van der Waals surface area contributed by atoms with E-state index in [1.807, 2.05) is 6.07 Å². The molecule has 2 aromatic rings. The number of hydrogen-bond acceptors (Lipinski definition) is 3. The Labute approximate surface area is 157 Å². The van der Waals surface area contributed by atoms with Crippen LogP contribution in [0, 0.1) is 0 Å². The zero-order valence-electron chi connectivity index (χ0n) is 13.1. The predicted molar refractivity (Wildman–Crippen MR) is 104 cm³/mol. The van der Waals surface area contributed by atoms with Gasteiger partial charge in [-0.1, -0.05) is 53.0 Å². The zero-order chi connectivity index (χ0) is 16.9. The zero-order valence-corrected chi connectivity index (χ0v) is 15.3. The van der Waals surface area contributed by atoms with Gasteiger partial charge < -0.3 is 10.6 Å². The molecular formula is C18H18Cl3N3. The van der Waals surface area contributed by atoms with Crippen molar-refractivity contribution in [3.05, 3.63) is 62.6 Å². The third-order valence-corrected chi connectivity index (χ3v) is 5.25. The lowest BCUT2D eigenvalue weighted by Crippen LogP contribution is -2.26. The number of rotatable bonds is 5. The van der Waals surface area contributed by atoms with Crippen LogP contribution in [0.5, 0.6) is 0 Å². The number of hydrogen-bond donors (Lipinski definition) is 2. The number of guanidine groups is 1. The molecular weight excluding hydrogens is 365 g/mol. The Morgan fingerprint density at radius 3 is 2.46 bits per heavy atom. The van der Waals surface area contributed by atoms with Crippen LogP contribution in [0.15, 0.2) is 41.4 Å². The molecule has 0 saturated carbocycles. The first kappa shape index (κ1) is 17.4. The highest BCUT2D eigenvalue weighted by atomic mass is 35.5. The van der Waals surface area contributed by atoms with Gasteiger partial charge in [-0.25, -0.2) is 0 Å². The van der Waals surface area contributed by atoms with Gasteiger partial charge in [0.2, 0.25) is 0 Å². The lowest BCUT2D eigenvalue weighted by Gasteiger charge is -2.09. The van der Waals surface area contributed by atoms with Crippen molar-refractivity contribution in [3.63, 3.8) is 0 Å². The molecule has 3 nitrogen and oxygen atoms in total. The predicted octanol–water partition coefficient (Wildman–Crippen LogP) is 5.19. The van der Waals surface area contributed by atoms with Crippen molar-refractivity contribution in [1.82, 2.24) is 5.32 Å². The summed E-state index contributed by atoms with van der Waals surface area (Å²) in [6.07, 6.45) is 2.85. The maximum Gasteiger partial charge on any atom is 0.195 e. The monoisotopic (exact) mass is 381 g/mol. The van der Waals surface area contributed by atoms with Gasteiger partial charge in [0.05, 0.1) is 21.6 Å². The van der Waals surface area contributed by atoms with E-state index >= 15 is 0 Å². The smallest absolute Gasteiger partial charge is 0.195 e. The van der Waals surface area contributed by atoms with Gasteiger partial charge in [0, 0.05) is 12.2 Å². The number of nitrogens with one attached hydrogen (secondary N) is 2. The van der Waals surface area contributed by atoms with Crippen LogP contribution in [-0.4, -0.2) is 19.0 Å². The van der Waals surface area contributed by atoms with Gasteiger partial charge in [-0.15, -0.1) is 0 Å². The molecule has 24 heavy (non-hydrogen) atoms. The summed E-state index contributed by atoms with van der Waals surface area (Å²) in [6.45, 7) is 1.73. The van der Waals surface area contributed by atoms with Gasteiger partial charge in [-0.3, -0.25) is 4.99 Å². The highest BCUT2D eigenvalue weighted by Gasteiger charge is 2.09. The van der Waals surface area contributed by atoms with Crippen LogP contribution in [-0.2, 0) is 12.8 Å².